The normalized spacial score (nSPS) is 19.9. The topological polar surface area (TPSA) is 75.4 Å². The summed E-state index contributed by atoms with van der Waals surface area (Å²) in [5.74, 6) is 0.193. The van der Waals surface area contributed by atoms with Crippen molar-refractivity contribution in [3.05, 3.63) is 12.3 Å². The average molecular weight is 251 g/mol. The summed E-state index contributed by atoms with van der Waals surface area (Å²) in [6, 6.07) is 1.09. The molecule has 0 spiro atoms. The summed E-state index contributed by atoms with van der Waals surface area (Å²) < 4.78 is 4.68. The molecule has 0 aromatic carbocycles. The smallest absolute Gasteiger partial charge is 0.252 e. The number of nitrogens with one attached hydrogen (secondary N) is 1. The molecule has 98 valence electrons. The molecule has 2 heterocycles. The molecule has 0 radical (unpaired) electrons. The minimum atomic E-state index is -0.525. The van der Waals surface area contributed by atoms with Crippen molar-refractivity contribution >= 4 is 17.6 Å². The summed E-state index contributed by atoms with van der Waals surface area (Å²) in [6.07, 6.45) is 3.17. The number of carbonyl (C=O) groups is 2. The summed E-state index contributed by atoms with van der Waals surface area (Å²) in [7, 11) is 0. The van der Waals surface area contributed by atoms with Crippen molar-refractivity contribution in [2.24, 2.45) is 0 Å². The van der Waals surface area contributed by atoms with Crippen molar-refractivity contribution in [3.63, 3.8) is 0 Å². The summed E-state index contributed by atoms with van der Waals surface area (Å²) in [5.41, 5.74) is 0. The third-order valence-electron chi connectivity index (χ3n) is 3.25. The molecule has 1 aromatic heterocycles. The van der Waals surface area contributed by atoms with Gasteiger partial charge in [0.1, 0.15) is 12.3 Å². The average Bonchev–Trinajstić information content (AvgIpc) is 2.94. The maximum absolute atomic E-state index is 12.2. The van der Waals surface area contributed by atoms with Gasteiger partial charge in [-0.3, -0.25) is 14.5 Å². The summed E-state index contributed by atoms with van der Waals surface area (Å²) >= 11 is 0. The van der Waals surface area contributed by atoms with Gasteiger partial charge in [-0.25, -0.2) is 0 Å². The number of amides is 2. The lowest BCUT2D eigenvalue weighted by atomic mass is 10.1. The summed E-state index contributed by atoms with van der Waals surface area (Å²) in [6.45, 7) is 3.96. The first-order chi connectivity index (χ1) is 8.67. The van der Waals surface area contributed by atoms with Crippen molar-refractivity contribution in [1.82, 2.24) is 10.1 Å². The molecular formula is C12H17N3O3. The molecule has 1 unspecified atom stereocenters. The van der Waals surface area contributed by atoms with Crippen LogP contribution in [0.25, 0.3) is 0 Å². The first-order valence-electron chi connectivity index (χ1n) is 6.20. The van der Waals surface area contributed by atoms with Gasteiger partial charge < -0.3 is 9.84 Å². The van der Waals surface area contributed by atoms with E-state index in [1.807, 2.05) is 13.8 Å². The van der Waals surface area contributed by atoms with Crippen LogP contribution >= 0.6 is 0 Å². The molecule has 1 fully saturated rings. The second-order valence-electron chi connectivity index (χ2n) is 4.36. The number of imide groups is 1. The third-order valence-corrected chi connectivity index (χ3v) is 3.25. The van der Waals surface area contributed by atoms with Crippen LogP contribution in [-0.4, -0.2) is 34.0 Å². The molecule has 0 bridgehead atoms. The Bertz CT molecular complexity index is 426. The van der Waals surface area contributed by atoms with Crippen LogP contribution in [0.4, 0.5) is 5.82 Å². The molecule has 18 heavy (non-hydrogen) atoms. The maximum atomic E-state index is 12.2. The Morgan fingerprint density at radius 2 is 2.22 bits per heavy atom. The number of rotatable bonds is 5. The second-order valence-corrected chi connectivity index (χ2v) is 4.36. The first kappa shape index (κ1) is 12.6. The Hall–Kier alpha value is -1.85. The maximum Gasteiger partial charge on any atom is 0.252 e. The molecule has 6 heteroatoms. The quantitative estimate of drug-likeness (QED) is 0.801. The lowest BCUT2D eigenvalue weighted by molar-refractivity contribution is -0.141. The van der Waals surface area contributed by atoms with Gasteiger partial charge in [0, 0.05) is 12.1 Å². The zero-order valence-electron chi connectivity index (χ0n) is 10.5. The molecular weight excluding hydrogens is 234 g/mol. The van der Waals surface area contributed by atoms with Gasteiger partial charge in [0.25, 0.3) is 5.91 Å². The third kappa shape index (κ3) is 2.23. The van der Waals surface area contributed by atoms with Crippen LogP contribution < -0.4 is 5.32 Å². The fraction of sp³-hybridized carbons (Fsp3) is 0.583. The largest absolute Gasteiger partial charge is 0.363 e. The lowest BCUT2D eigenvalue weighted by Crippen LogP contribution is -2.41. The zero-order valence-corrected chi connectivity index (χ0v) is 10.5. The number of likely N-dealkylation sites (tertiary alicyclic amines) is 1. The predicted octanol–water partition coefficient (Wildman–Crippen LogP) is 1.40. The number of hydrogen-bond donors (Lipinski definition) is 1. The highest BCUT2D eigenvalue weighted by Crippen LogP contribution is 2.22. The van der Waals surface area contributed by atoms with Crippen molar-refractivity contribution in [2.45, 2.75) is 45.2 Å². The van der Waals surface area contributed by atoms with Crippen molar-refractivity contribution in [2.75, 3.05) is 5.32 Å². The van der Waals surface area contributed by atoms with Crippen LogP contribution in [0, 0.1) is 0 Å². The molecule has 1 aliphatic rings. The Labute approximate surface area is 105 Å². The minimum absolute atomic E-state index is 0.00545. The van der Waals surface area contributed by atoms with Gasteiger partial charge >= 0.3 is 0 Å². The van der Waals surface area contributed by atoms with Crippen LogP contribution in [0.5, 0.6) is 0 Å². The monoisotopic (exact) mass is 251 g/mol. The van der Waals surface area contributed by atoms with Gasteiger partial charge in [-0.2, -0.15) is 0 Å². The SMILES string of the molecule is CCC(CC)N1C(=O)CC(Nc2ccon2)C1=O. The van der Waals surface area contributed by atoms with Gasteiger partial charge in [0.15, 0.2) is 5.82 Å². The number of anilines is 1. The molecule has 6 nitrogen and oxygen atoms in total. The van der Waals surface area contributed by atoms with Gasteiger partial charge in [-0.1, -0.05) is 19.0 Å². The Balaban J connectivity index is 2.09. The van der Waals surface area contributed by atoms with E-state index in [0.29, 0.717) is 5.82 Å². The van der Waals surface area contributed by atoms with Crippen molar-refractivity contribution in [1.29, 1.82) is 0 Å². The van der Waals surface area contributed by atoms with E-state index in [4.69, 9.17) is 0 Å². The van der Waals surface area contributed by atoms with Crippen LogP contribution in [0.2, 0.25) is 0 Å². The van der Waals surface area contributed by atoms with E-state index in [0.717, 1.165) is 12.8 Å². The highest BCUT2D eigenvalue weighted by molar-refractivity contribution is 6.07. The van der Waals surface area contributed by atoms with E-state index < -0.39 is 6.04 Å². The van der Waals surface area contributed by atoms with Crippen LogP contribution in [0.15, 0.2) is 16.9 Å². The van der Waals surface area contributed by atoms with Gasteiger partial charge in [-0.15, -0.1) is 0 Å². The van der Waals surface area contributed by atoms with Crippen molar-refractivity contribution < 1.29 is 14.1 Å². The van der Waals surface area contributed by atoms with E-state index in [2.05, 4.69) is 15.0 Å². The Kier molecular flexibility index (Phi) is 3.64. The highest BCUT2D eigenvalue weighted by Gasteiger charge is 2.41. The predicted molar refractivity (Wildman–Crippen MR) is 64.8 cm³/mol. The van der Waals surface area contributed by atoms with Gasteiger partial charge in [0.05, 0.1) is 6.42 Å². The fourth-order valence-electron chi connectivity index (χ4n) is 2.27. The van der Waals surface area contributed by atoms with Gasteiger partial charge in [0.2, 0.25) is 5.91 Å². The number of aromatic nitrogens is 1. The van der Waals surface area contributed by atoms with Crippen LogP contribution in [0.3, 0.4) is 0 Å². The van der Waals surface area contributed by atoms with Crippen molar-refractivity contribution in [3.8, 4) is 0 Å². The van der Waals surface area contributed by atoms with E-state index >= 15 is 0 Å². The Morgan fingerprint density at radius 1 is 1.50 bits per heavy atom. The second kappa shape index (κ2) is 5.20. The van der Waals surface area contributed by atoms with E-state index in [-0.39, 0.29) is 24.3 Å². The summed E-state index contributed by atoms with van der Waals surface area (Å²) in [4.78, 5) is 25.5. The number of hydrogen-bond acceptors (Lipinski definition) is 5. The fourth-order valence-corrected chi connectivity index (χ4v) is 2.27. The Morgan fingerprint density at radius 3 is 2.78 bits per heavy atom. The molecule has 2 rings (SSSR count). The van der Waals surface area contributed by atoms with Crippen LogP contribution in [0.1, 0.15) is 33.1 Å². The number of nitrogens with zero attached hydrogens (tertiary/aromatic N) is 2. The molecule has 1 aliphatic heterocycles. The molecule has 2 amide bonds. The molecule has 1 saturated heterocycles. The standard InChI is InChI=1S/C12H17N3O3/c1-3-8(4-2)15-11(16)7-9(12(15)17)13-10-5-6-18-14-10/h5-6,8-9H,3-4,7H2,1-2H3,(H,13,14). The highest BCUT2D eigenvalue weighted by atomic mass is 16.5. The lowest BCUT2D eigenvalue weighted by Gasteiger charge is -2.24. The molecule has 1 N–H and O–H groups in total. The molecule has 0 aliphatic carbocycles. The van der Waals surface area contributed by atoms with E-state index in [1.54, 1.807) is 6.07 Å². The summed E-state index contributed by atoms with van der Waals surface area (Å²) in [5, 5.41) is 6.60. The zero-order chi connectivity index (χ0) is 13.1. The minimum Gasteiger partial charge on any atom is -0.363 e. The van der Waals surface area contributed by atoms with Gasteiger partial charge in [-0.05, 0) is 12.8 Å². The van der Waals surface area contributed by atoms with E-state index in [9.17, 15) is 9.59 Å². The van der Waals surface area contributed by atoms with E-state index in [1.165, 1.54) is 11.2 Å². The number of carbonyl (C=O) groups excluding carboxylic acids is 2. The van der Waals surface area contributed by atoms with Crippen LogP contribution in [-0.2, 0) is 9.59 Å². The first-order valence-corrected chi connectivity index (χ1v) is 6.20. The molecule has 0 saturated carbocycles. The molecule has 1 atom stereocenters. The molecule has 1 aromatic rings.